The first-order valence-corrected chi connectivity index (χ1v) is 6.73. The zero-order chi connectivity index (χ0) is 14.8. The van der Waals surface area contributed by atoms with Crippen molar-refractivity contribution >= 4 is 11.0 Å². The summed E-state index contributed by atoms with van der Waals surface area (Å²) in [6.45, 7) is 0. The van der Waals surface area contributed by atoms with E-state index < -0.39 is 0 Å². The lowest BCUT2D eigenvalue weighted by Crippen LogP contribution is -1.92. The van der Waals surface area contributed by atoms with Gasteiger partial charge in [0.15, 0.2) is 5.82 Å². The Morgan fingerprint density at radius 2 is 1.77 bits per heavy atom. The Hall–Kier alpha value is -3.28. The number of ether oxygens (including phenoxy) is 1. The molecule has 6 heteroatoms. The number of hydrogen-bond donors (Lipinski definition) is 1. The van der Waals surface area contributed by atoms with Gasteiger partial charge in [0, 0.05) is 6.20 Å². The quantitative estimate of drug-likeness (QED) is 0.626. The molecule has 6 nitrogen and oxygen atoms in total. The molecule has 106 valence electrons. The van der Waals surface area contributed by atoms with Crippen molar-refractivity contribution in [3.8, 4) is 23.1 Å². The van der Waals surface area contributed by atoms with Gasteiger partial charge >= 0.3 is 0 Å². The molecule has 0 bridgehead atoms. The van der Waals surface area contributed by atoms with Crippen LogP contribution in [0.15, 0.2) is 61.2 Å². The van der Waals surface area contributed by atoms with Gasteiger partial charge in [0.25, 0.3) is 0 Å². The molecule has 4 aromatic rings. The van der Waals surface area contributed by atoms with E-state index in [-0.39, 0.29) is 0 Å². The fraction of sp³-hybridized carbons (Fsp3) is 0. The van der Waals surface area contributed by atoms with Crippen LogP contribution >= 0.6 is 0 Å². The third-order valence-electron chi connectivity index (χ3n) is 3.10. The highest BCUT2D eigenvalue weighted by molar-refractivity contribution is 5.77. The number of benzene rings is 1. The molecule has 0 fully saturated rings. The first-order valence-electron chi connectivity index (χ1n) is 6.73. The average Bonchev–Trinajstić information content (AvgIpc) is 3.00. The van der Waals surface area contributed by atoms with E-state index in [0.717, 1.165) is 11.0 Å². The van der Waals surface area contributed by atoms with Crippen LogP contribution in [-0.2, 0) is 0 Å². The number of rotatable bonds is 3. The minimum atomic E-state index is 0.419. The van der Waals surface area contributed by atoms with E-state index in [1.54, 1.807) is 24.8 Å². The van der Waals surface area contributed by atoms with Crippen LogP contribution in [-0.4, -0.2) is 24.9 Å². The Kier molecular flexibility index (Phi) is 2.97. The number of nitrogens with one attached hydrogen (secondary N) is 1. The smallest absolute Gasteiger partial charge is 0.238 e. The summed E-state index contributed by atoms with van der Waals surface area (Å²) < 4.78 is 5.69. The maximum Gasteiger partial charge on any atom is 0.238 e. The van der Waals surface area contributed by atoms with Crippen LogP contribution < -0.4 is 4.74 Å². The molecule has 0 saturated heterocycles. The summed E-state index contributed by atoms with van der Waals surface area (Å²) in [6.07, 6.45) is 6.64. The molecule has 1 N–H and O–H groups in total. The Bertz CT molecular complexity index is 887. The molecule has 0 aliphatic rings. The molecule has 0 spiro atoms. The zero-order valence-electron chi connectivity index (χ0n) is 11.5. The minimum absolute atomic E-state index is 0.419. The summed E-state index contributed by atoms with van der Waals surface area (Å²) >= 11 is 0. The highest BCUT2D eigenvalue weighted by Crippen LogP contribution is 2.22. The third kappa shape index (κ3) is 2.37. The van der Waals surface area contributed by atoms with Crippen LogP contribution in [0.5, 0.6) is 11.6 Å². The highest BCUT2D eigenvalue weighted by atomic mass is 16.5. The van der Waals surface area contributed by atoms with E-state index in [9.17, 15) is 0 Å². The normalized spacial score (nSPS) is 10.7. The second-order valence-electron chi connectivity index (χ2n) is 4.64. The third-order valence-corrected chi connectivity index (χ3v) is 3.10. The lowest BCUT2D eigenvalue weighted by atomic mass is 10.3. The summed E-state index contributed by atoms with van der Waals surface area (Å²) in [6, 6.07) is 11.3. The largest absolute Gasteiger partial charge is 0.437 e. The van der Waals surface area contributed by atoms with Crippen molar-refractivity contribution in [1.82, 2.24) is 24.9 Å². The monoisotopic (exact) mass is 289 g/mol. The van der Waals surface area contributed by atoms with E-state index in [2.05, 4.69) is 24.9 Å². The van der Waals surface area contributed by atoms with Crippen molar-refractivity contribution in [2.75, 3.05) is 0 Å². The van der Waals surface area contributed by atoms with Crippen LogP contribution in [0.2, 0.25) is 0 Å². The average molecular weight is 289 g/mol. The van der Waals surface area contributed by atoms with Gasteiger partial charge in [-0.2, -0.15) is 0 Å². The number of nitrogens with zero attached hydrogens (tertiary/aromatic N) is 4. The number of pyridine rings is 1. The van der Waals surface area contributed by atoms with Crippen molar-refractivity contribution in [2.45, 2.75) is 0 Å². The molecule has 3 aromatic heterocycles. The molecule has 4 rings (SSSR count). The van der Waals surface area contributed by atoms with Gasteiger partial charge < -0.3 is 9.72 Å². The molecular weight excluding hydrogens is 278 g/mol. The molecule has 3 heterocycles. The lowest BCUT2D eigenvalue weighted by Gasteiger charge is -2.04. The van der Waals surface area contributed by atoms with Gasteiger partial charge in [-0.1, -0.05) is 18.2 Å². The Morgan fingerprint density at radius 3 is 2.64 bits per heavy atom. The van der Waals surface area contributed by atoms with Crippen molar-refractivity contribution in [1.29, 1.82) is 0 Å². The van der Waals surface area contributed by atoms with Crippen LogP contribution in [0.25, 0.3) is 22.6 Å². The fourth-order valence-electron chi connectivity index (χ4n) is 2.10. The number of H-pyrrole nitrogens is 1. The van der Waals surface area contributed by atoms with Gasteiger partial charge in [-0.05, 0) is 18.2 Å². The SMILES string of the molecule is c1ccc(Oc2cncc(-c3nc4ccncc4[nH]3)n2)cc1. The Labute approximate surface area is 125 Å². The summed E-state index contributed by atoms with van der Waals surface area (Å²) in [5.41, 5.74) is 2.31. The van der Waals surface area contributed by atoms with Crippen molar-refractivity contribution in [3.63, 3.8) is 0 Å². The number of aromatic amines is 1. The van der Waals surface area contributed by atoms with E-state index in [1.165, 1.54) is 0 Å². The van der Waals surface area contributed by atoms with Crippen LogP contribution in [0.3, 0.4) is 0 Å². The first-order chi connectivity index (χ1) is 10.9. The molecule has 0 aliphatic carbocycles. The number of imidazole rings is 1. The predicted molar refractivity (Wildman–Crippen MR) is 81.4 cm³/mol. The molecule has 0 saturated carbocycles. The second-order valence-corrected chi connectivity index (χ2v) is 4.64. The molecule has 0 amide bonds. The van der Waals surface area contributed by atoms with Gasteiger partial charge in [0.2, 0.25) is 5.88 Å². The van der Waals surface area contributed by atoms with E-state index in [0.29, 0.717) is 23.1 Å². The van der Waals surface area contributed by atoms with Crippen molar-refractivity contribution in [2.24, 2.45) is 0 Å². The summed E-state index contributed by atoms with van der Waals surface area (Å²) in [7, 11) is 0. The predicted octanol–water partition coefficient (Wildman–Crippen LogP) is 3.21. The summed E-state index contributed by atoms with van der Waals surface area (Å²) in [5, 5.41) is 0. The molecule has 22 heavy (non-hydrogen) atoms. The summed E-state index contributed by atoms with van der Waals surface area (Å²) in [5.74, 6) is 1.76. The van der Waals surface area contributed by atoms with Gasteiger partial charge in [-0.25, -0.2) is 9.97 Å². The number of aromatic nitrogens is 5. The van der Waals surface area contributed by atoms with Gasteiger partial charge in [-0.15, -0.1) is 0 Å². The molecule has 0 aliphatic heterocycles. The maximum atomic E-state index is 5.69. The topological polar surface area (TPSA) is 76.6 Å². The zero-order valence-corrected chi connectivity index (χ0v) is 11.5. The highest BCUT2D eigenvalue weighted by Gasteiger charge is 2.08. The van der Waals surface area contributed by atoms with E-state index >= 15 is 0 Å². The van der Waals surface area contributed by atoms with Gasteiger partial charge in [-0.3, -0.25) is 9.97 Å². The Morgan fingerprint density at radius 1 is 0.864 bits per heavy atom. The summed E-state index contributed by atoms with van der Waals surface area (Å²) in [4.78, 5) is 20.3. The molecule has 0 radical (unpaired) electrons. The van der Waals surface area contributed by atoms with Crippen LogP contribution in [0, 0.1) is 0 Å². The fourth-order valence-corrected chi connectivity index (χ4v) is 2.10. The number of fused-ring (bicyclic) bond motifs is 1. The van der Waals surface area contributed by atoms with Crippen LogP contribution in [0.1, 0.15) is 0 Å². The minimum Gasteiger partial charge on any atom is -0.437 e. The molecule has 1 aromatic carbocycles. The number of para-hydroxylation sites is 1. The van der Waals surface area contributed by atoms with Crippen molar-refractivity contribution in [3.05, 3.63) is 61.2 Å². The number of hydrogen-bond acceptors (Lipinski definition) is 5. The Balaban J connectivity index is 1.69. The van der Waals surface area contributed by atoms with E-state index in [4.69, 9.17) is 4.74 Å². The standard InChI is InChI=1S/C16H11N5O/c1-2-4-11(5-3-1)22-15-10-18-9-14(19-15)16-20-12-6-7-17-8-13(12)21-16/h1-10H,(H,20,21). The molecular formula is C16H11N5O. The van der Waals surface area contributed by atoms with Crippen LogP contribution in [0.4, 0.5) is 0 Å². The first kappa shape index (κ1) is 12.5. The lowest BCUT2D eigenvalue weighted by molar-refractivity contribution is 0.461. The van der Waals surface area contributed by atoms with E-state index in [1.807, 2.05) is 36.4 Å². The molecule has 0 atom stereocenters. The maximum absolute atomic E-state index is 5.69. The van der Waals surface area contributed by atoms with Gasteiger partial charge in [0.1, 0.15) is 11.4 Å². The molecule has 0 unspecified atom stereocenters. The van der Waals surface area contributed by atoms with Crippen molar-refractivity contribution < 1.29 is 4.74 Å². The van der Waals surface area contributed by atoms with Gasteiger partial charge in [0.05, 0.1) is 29.6 Å². The second kappa shape index (κ2) is 5.25.